The fourth-order valence-corrected chi connectivity index (χ4v) is 2.73. The molecule has 110 valence electrons. The summed E-state index contributed by atoms with van der Waals surface area (Å²) in [5.74, 6) is 1.69. The summed E-state index contributed by atoms with van der Waals surface area (Å²) >= 11 is 6.26. The molecule has 2 aromatic rings. The van der Waals surface area contributed by atoms with Crippen molar-refractivity contribution in [1.29, 1.82) is 0 Å². The maximum absolute atomic E-state index is 6.26. The van der Waals surface area contributed by atoms with Crippen molar-refractivity contribution in [2.75, 3.05) is 13.2 Å². The molecule has 2 heterocycles. The van der Waals surface area contributed by atoms with Gasteiger partial charge in [0.25, 0.3) is 0 Å². The largest absolute Gasteiger partial charge is 0.379 e. The normalized spacial score (nSPS) is 17.0. The molecule has 6 heteroatoms. The SMILES string of the molecule is Cc1nn(C)c2c1nc(C(C)Cl)n2CCOCC1CC1. The fourth-order valence-electron chi connectivity index (χ4n) is 2.57. The van der Waals surface area contributed by atoms with E-state index in [0.29, 0.717) is 6.61 Å². The quantitative estimate of drug-likeness (QED) is 0.608. The Bertz CT molecular complexity index is 612. The Balaban J connectivity index is 1.83. The van der Waals surface area contributed by atoms with Crippen LogP contribution in [-0.4, -0.2) is 32.5 Å². The van der Waals surface area contributed by atoms with E-state index in [9.17, 15) is 0 Å². The Hall–Kier alpha value is -1.07. The smallest absolute Gasteiger partial charge is 0.158 e. The fraction of sp³-hybridized carbons (Fsp3) is 0.714. The molecule has 1 saturated carbocycles. The summed E-state index contributed by atoms with van der Waals surface area (Å²) in [6.45, 7) is 6.28. The van der Waals surface area contributed by atoms with Crippen molar-refractivity contribution in [3.8, 4) is 0 Å². The van der Waals surface area contributed by atoms with Gasteiger partial charge in [0.05, 0.1) is 17.7 Å². The molecule has 0 spiro atoms. The van der Waals surface area contributed by atoms with Crippen molar-refractivity contribution in [2.45, 2.75) is 38.6 Å². The van der Waals surface area contributed by atoms with Crippen molar-refractivity contribution < 1.29 is 4.74 Å². The number of rotatable bonds is 6. The second-order valence-electron chi connectivity index (χ2n) is 5.64. The predicted molar refractivity (Wildman–Crippen MR) is 79.0 cm³/mol. The van der Waals surface area contributed by atoms with Gasteiger partial charge >= 0.3 is 0 Å². The number of fused-ring (bicyclic) bond motifs is 1. The van der Waals surface area contributed by atoms with Crippen LogP contribution in [0.3, 0.4) is 0 Å². The van der Waals surface area contributed by atoms with Crippen LogP contribution in [0.5, 0.6) is 0 Å². The zero-order chi connectivity index (χ0) is 14.3. The summed E-state index contributed by atoms with van der Waals surface area (Å²) in [5, 5.41) is 4.31. The van der Waals surface area contributed by atoms with Crippen molar-refractivity contribution >= 4 is 22.8 Å². The minimum Gasteiger partial charge on any atom is -0.379 e. The second-order valence-corrected chi connectivity index (χ2v) is 6.29. The Morgan fingerprint density at radius 3 is 2.85 bits per heavy atom. The number of alkyl halides is 1. The Labute approximate surface area is 123 Å². The van der Waals surface area contributed by atoms with E-state index in [-0.39, 0.29) is 5.38 Å². The second kappa shape index (κ2) is 5.37. The molecule has 0 amide bonds. The average Bonchev–Trinajstić information content (AvgIpc) is 3.05. The zero-order valence-electron chi connectivity index (χ0n) is 12.3. The van der Waals surface area contributed by atoms with Gasteiger partial charge in [-0.15, -0.1) is 11.6 Å². The number of ether oxygens (including phenoxy) is 1. The maximum Gasteiger partial charge on any atom is 0.158 e. The molecular formula is C14H21ClN4O. The average molecular weight is 297 g/mol. The van der Waals surface area contributed by atoms with Gasteiger partial charge < -0.3 is 9.30 Å². The van der Waals surface area contributed by atoms with Crippen LogP contribution in [0.25, 0.3) is 11.2 Å². The van der Waals surface area contributed by atoms with Gasteiger partial charge in [-0.3, -0.25) is 4.68 Å². The molecule has 1 atom stereocenters. The first-order valence-electron chi connectivity index (χ1n) is 7.19. The third kappa shape index (κ3) is 2.56. The number of nitrogens with zero attached hydrogens (tertiary/aromatic N) is 4. The molecule has 0 N–H and O–H groups in total. The lowest BCUT2D eigenvalue weighted by Crippen LogP contribution is -2.13. The summed E-state index contributed by atoms with van der Waals surface area (Å²) in [6.07, 6.45) is 2.64. The molecule has 0 radical (unpaired) electrons. The predicted octanol–water partition coefficient (Wildman–Crippen LogP) is 2.80. The first-order valence-corrected chi connectivity index (χ1v) is 7.63. The van der Waals surface area contributed by atoms with Crippen LogP contribution in [0, 0.1) is 12.8 Å². The molecule has 3 rings (SSSR count). The van der Waals surface area contributed by atoms with Gasteiger partial charge in [-0.05, 0) is 32.6 Å². The summed E-state index contributed by atoms with van der Waals surface area (Å²) in [7, 11) is 1.95. The molecule has 1 fully saturated rings. The first kappa shape index (κ1) is 13.9. The van der Waals surface area contributed by atoms with Gasteiger partial charge in [0.1, 0.15) is 11.3 Å². The monoisotopic (exact) mass is 296 g/mol. The summed E-state index contributed by atoms with van der Waals surface area (Å²) in [6, 6.07) is 0. The van der Waals surface area contributed by atoms with Gasteiger partial charge in [-0.25, -0.2) is 4.98 Å². The van der Waals surface area contributed by atoms with Gasteiger partial charge in [-0.2, -0.15) is 5.10 Å². The van der Waals surface area contributed by atoms with Gasteiger partial charge in [-0.1, -0.05) is 0 Å². The summed E-state index contributed by atoms with van der Waals surface area (Å²) in [4.78, 5) is 4.65. The van der Waals surface area contributed by atoms with E-state index in [1.54, 1.807) is 0 Å². The summed E-state index contributed by atoms with van der Waals surface area (Å²) < 4.78 is 9.75. The molecule has 0 bridgehead atoms. The molecule has 5 nitrogen and oxygen atoms in total. The zero-order valence-corrected chi connectivity index (χ0v) is 13.0. The summed E-state index contributed by atoms with van der Waals surface area (Å²) in [5.41, 5.74) is 2.91. The van der Waals surface area contributed by atoms with Crippen LogP contribution in [-0.2, 0) is 18.3 Å². The molecule has 0 aliphatic heterocycles. The number of aryl methyl sites for hydroxylation is 2. The highest BCUT2D eigenvalue weighted by molar-refractivity contribution is 6.20. The van der Waals surface area contributed by atoms with Crippen LogP contribution in [0.2, 0.25) is 0 Å². The Morgan fingerprint density at radius 1 is 1.45 bits per heavy atom. The minimum atomic E-state index is -0.120. The highest BCUT2D eigenvalue weighted by atomic mass is 35.5. The van der Waals surface area contributed by atoms with Crippen molar-refractivity contribution in [3.63, 3.8) is 0 Å². The molecule has 0 aromatic carbocycles. The molecular weight excluding hydrogens is 276 g/mol. The number of imidazole rings is 1. The van der Waals surface area contributed by atoms with Crippen molar-refractivity contribution in [2.24, 2.45) is 13.0 Å². The van der Waals surface area contributed by atoms with E-state index in [1.165, 1.54) is 12.8 Å². The van der Waals surface area contributed by atoms with E-state index in [2.05, 4.69) is 14.6 Å². The van der Waals surface area contributed by atoms with Crippen LogP contribution in [0.15, 0.2) is 0 Å². The van der Waals surface area contributed by atoms with E-state index >= 15 is 0 Å². The highest BCUT2D eigenvalue weighted by Crippen LogP contribution is 2.29. The van der Waals surface area contributed by atoms with Gasteiger partial charge in [0.15, 0.2) is 5.65 Å². The third-order valence-electron chi connectivity index (χ3n) is 3.79. The Kier molecular flexibility index (Phi) is 3.73. The van der Waals surface area contributed by atoms with Crippen LogP contribution in [0.1, 0.15) is 36.7 Å². The topological polar surface area (TPSA) is 44.9 Å². The standard InChI is InChI=1S/C14H21ClN4O/c1-9(15)13-16-12-10(2)17-18(3)14(12)19(13)6-7-20-8-11-4-5-11/h9,11H,4-8H2,1-3H3. The number of halogens is 1. The first-order chi connectivity index (χ1) is 9.58. The molecule has 1 unspecified atom stereocenters. The molecule has 1 aliphatic carbocycles. The van der Waals surface area contributed by atoms with E-state index in [4.69, 9.17) is 16.3 Å². The molecule has 2 aromatic heterocycles. The molecule has 20 heavy (non-hydrogen) atoms. The lowest BCUT2D eigenvalue weighted by atomic mass is 10.4. The van der Waals surface area contributed by atoms with E-state index in [1.807, 2.05) is 25.6 Å². The van der Waals surface area contributed by atoms with Crippen molar-refractivity contribution in [3.05, 3.63) is 11.5 Å². The van der Waals surface area contributed by atoms with Crippen LogP contribution in [0.4, 0.5) is 0 Å². The number of hydrogen-bond donors (Lipinski definition) is 0. The molecule has 0 saturated heterocycles. The van der Waals surface area contributed by atoms with Crippen LogP contribution < -0.4 is 0 Å². The maximum atomic E-state index is 6.26. The van der Waals surface area contributed by atoms with E-state index < -0.39 is 0 Å². The lowest BCUT2D eigenvalue weighted by molar-refractivity contribution is 0.117. The Morgan fingerprint density at radius 2 is 2.20 bits per heavy atom. The minimum absolute atomic E-state index is 0.120. The van der Waals surface area contributed by atoms with Crippen LogP contribution >= 0.6 is 11.6 Å². The number of aromatic nitrogens is 4. The number of hydrogen-bond acceptors (Lipinski definition) is 3. The highest BCUT2D eigenvalue weighted by Gasteiger charge is 2.22. The van der Waals surface area contributed by atoms with Gasteiger partial charge in [0.2, 0.25) is 0 Å². The van der Waals surface area contributed by atoms with Crippen molar-refractivity contribution in [1.82, 2.24) is 19.3 Å². The van der Waals surface area contributed by atoms with E-state index in [0.717, 1.165) is 41.8 Å². The van der Waals surface area contributed by atoms with Gasteiger partial charge in [0, 0.05) is 20.2 Å². The third-order valence-corrected chi connectivity index (χ3v) is 3.98. The molecule has 1 aliphatic rings. The lowest BCUT2D eigenvalue weighted by Gasteiger charge is -2.11.